The van der Waals surface area contributed by atoms with Gasteiger partial charge in [-0.1, -0.05) is 23.7 Å². The van der Waals surface area contributed by atoms with Gasteiger partial charge in [0.25, 0.3) is 0 Å². The average molecular weight is 408 g/mol. The molecule has 0 radical (unpaired) electrons. The molecule has 3 rings (SSSR count). The second-order valence-electron chi connectivity index (χ2n) is 4.40. The molecule has 0 amide bonds. The summed E-state index contributed by atoms with van der Waals surface area (Å²) in [5, 5.41) is 5.82. The van der Waals surface area contributed by atoms with Crippen molar-refractivity contribution in [3.05, 3.63) is 57.0 Å². The molecule has 0 unspecified atom stereocenters. The van der Waals surface area contributed by atoms with E-state index in [4.69, 9.17) is 11.6 Å². The summed E-state index contributed by atoms with van der Waals surface area (Å²) in [5.74, 6) is 0. The summed E-state index contributed by atoms with van der Waals surface area (Å²) in [7, 11) is 0. The summed E-state index contributed by atoms with van der Waals surface area (Å²) in [6, 6.07) is 9.42. The van der Waals surface area contributed by atoms with Crippen LogP contribution in [0.15, 0.2) is 46.3 Å². The van der Waals surface area contributed by atoms with Crippen molar-refractivity contribution in [2.24, 2.45) is 0 Å². The molecule has 2 aromatic heterocycles. The van der Waals surface area contributed by atoms with Gasteiger partial charge < -0.3 is 0 Å². The van der Waals surface area contributed by atoms with Crippen LogP contribution >= 0.6 is 38.9 Å². The standard InChI is InChI=1S/C14H7BrClF3N2S/c15-8-5-12(22-7-8)11-6-13(14(17,18)19)20-21(11)10-4-2-1-3-9(10)16/h1-7H. The van der Waals surface area contributed by atoms with Crippen molar-refractivity contribution < 1.29 is 13.2 Å². The average Bonchev–Trinajstić information content (AvgIpc) is 3.04. The van der Waals surface area contributed by atoms with Gasteiger partial charge in [0.1, 0.15) is 0 Å². The highest BCUT2D eigenvalue weighted by Gasteiger charge is 2.35. The predicted octanol–water partition coefficient (Wildman–Crippen LogP) is 6.04. The van der Waals surface area contributed by atoms with E-state index in [1.54, 1.807) is 35.7 Å². The number of hydrogen-bond acceptors (Lipinski definition) is 2. The molecule has 8 heteroatoms. The molecule has 0 N–H and O–H groups in total. The van der Waals surface area contributed by atoms with Crippen LogP contribution in [0.4, 0.5) is 13.2 Å². The Hall–Kier alpha value is -1.31. The Morgan fingerprint density at radius 3 is 2.50 bits per heavy atom. The quantitative estimate of drug-likeness (QED) is 0.507. The Morgan fingerprint density at radius 2 is 1.91 bits per heavy atom. The van der Waals surface area contributed by atoms with E-state index in [1.165, 1.54) is 16.0 Å². The van der Waals surface area contributed by atoms with Gasteiger partial charge >= 0.3 is 6.18 Å². The zero-order valence-corrected chi connectivity index (χ0v) is 13.9. The smallest absolute Gasteiger partial charge is 0.230 e. The fourth-order valence-corrected chi connectivity index (χ4v) is 3.59. The Kier molecular flexibility index (Phi) is 4.05. The van der Waals surface area contributed by atoms with E-state index in [9.17, 15) is 13.2 Å². The Morgan fingerprint density at radius 1 is 1.18 bits per heavy atom. The molecule has 1 aromatic carbocycles. The molecule has 22 heavy (non-hydrogen) atoms. The van der Waals surface area contributed by atoms with Crippen LogP contribution in [0.3, 0.4) is 0 Å². The number of thiophene rings is 1. The van der Waals surface area contributed by atoms with E-state index in [2.05, 4.69) is 21.0 Å². The minimum atomic E-state index is -4.52. The Balaban J connectivity index is 2.24. The Bertz CT molecular complexity index is 826. The second kappa shape index (κ2) is 5.72. The van der Waals surface area contributed by atoms with E-state index in [-0.39, 0.29) is 0 Å². The summed E-state index contributed by atoms with van der Waals surface area (Å²) in [6.07, 6.45) is -4.52. The molecule has 0 aliphatic heterocycles. The lowest BCUT2D eigenvalue weighted by Crippen LogP contribution is -2.07. The summed E-state index contributed by atoms with van der Waals surface area (Å²) < 4.78 is 41.0. The van der Waals surface area contributed by atoms with Gasteiger partial charge in [0.2, 0.25) is 0 Å². The third-order valence-electron chi connectivity index (χ3n) is 2.90. The summed E-state index contributed by atoms with van der Waals surface area (Å²) in [6.45, 7) is 0. The van der Waals surface area contributed by atoms with Crippen LogP contribution in [0.2, 0.25) is 5.02 Å². The lowest BCUT2D eigenvalue weighted by atomic mass is 10.2. The van der Waals surface area contributed by atoms with Gasteiger partial charge in [-0.2, -0.15) is 18.3 Å². The predicted molar refractivity (Wildman–Crippen MR) is 84.6 cm³/mol. The molecule has 0 fully saturated rings. The van der Waals surface area contributed by atoms with E-state index in [0.29, 0.717) is 21.3 Å². The highest BCUT2D eigenvalue weighted by molar-refractivity contribution is 9.10. The third kappa shape index (κ3) is 2.93. The first-order valence-electron chi connectivity index (χ1n) is 6.03. The van der Waals surface area contributed by atoms with Crippen LogP contribution in [0, 0.1) is 0 Å². The first kappa shape index (κ1) is 15.6. The van der Waals surface area contributed by atoms with Gasteiger partial charge in [0.05, 0.1) is 21.3 Å². The fraction of sp³-hybridized carbons (Fsp3) is 0.0714. The monoisotopic (exact) mass is 406 g/mol. The number of aromatic nitrogens is 2. The topological polar surface area (TPSA) is 17.8 Å². The van der Waals surface area contributed by atoms with Gasteiger partial charge in [-0.15, -0.1) is 11.3 Å². The van der Waals surface area contributed by atoms with E-state index < -0.39 is 11.9 Å². The van der Waals surface area contributed by atoms with Gasteiger partial charge in [0.15, 0.2) is 5.69 Å². The molecule has 114 valence electrons. The number of benzene rings is 1. The second-order valence-corrected chi connectivity index (χ2v) is 6.64. The SMILES string of the molecule is FC(F)(F)c1cc(-c2cc(Br)cs2)n(-c2ccccc2Cl)n1. The number of nitrogens with zero attached hydrogens (tertiary/aromatic N) is 2. The molecule has 0 atom stereocenters. The maximum Gasteiger partial charge on any atom is 0.435 e. The Labute approximate surface area is 141 Å². The number of alkyl halides is 3. The zero-order valence-electron chi connectivity index (χ0n) is 10.7. The van der Waals surface area contributed by atoms with Crippen LogP contribution in [-0.4, -0.2) is 9.78 Å². The highest BCUT2D eigenvalue weighted by Crippen LogP contribution is 2.37. The minimum absolute atomic E-state index is 0.330. The molecule has 0 saturated carbocycles. The third-order valence-corrected chi connectivity index (χ3v) is 4.93. The van der Waals surface area contributed by atoms with Crippen molar-refractivity contribution in [1.29, 1.82) is 0 Å². The van der Waals surface area contributed by atoms with Crippen molar-refractivity contribution in [2.45, 2.75) is 6.18 Å². The van der Waals surface area contributed by atoms with Crippen LogP contribution < -0.4 is 0 Å². The van der Waals surface area contributed by atoms with E-state index >= 15 is 0 Å². The molecule has 0 aliphatic carbocycles. The molecule has 2 nitrogen and oxygen atoms in total. The van der Waals surface area contributed by atoms with Gasteiger partial charge in [-0.05, 0) is 40.2 Å². The molecule has 0 spiro atoms. The number of para-hydroxylation sites is 1. The number of rotatable bonds is 2. The normalized spacial score (nSPS) is 11.9. The van der Waals surface area contributed by atoms with Crippen LogP contribution in [0.1, 0.15) is 5.69 Å². The molecule has 0 bridgehead atoms. The largest absolute Gasteiger partial charge is 0.435 e. The molecule has 0 saturated heterocycles. The molecular formula is C14H7BrClF3N2S. The molecule has 0 aliphatic rings. The zero-order chi connectivity index (χ0) is 15.9. The van der Waals surface area contributed by atoms with Gasteiger partial charge in [-0.25, -0.2) is 4.68 Å². The summed E-state index contributed by atoms with van der Waals surface area (Å²) in [4.78, 5) is 0.662. The molecule has 2 heterocycles. The number of halogens is 5. The minimum Gasteiger partial charge on any atom is -0.230 e. The van der Waals surface area contributed by atoms with Crippen molar-refractivity contribution in [3.8, 4) is 16.3 Å². The maximum absolute atomic E-state index is 13.0. The molecule has 3 aromatic rings. The van der Waals surface area contributed by atoms with Gasteiger partial charge in [0, 0.05) is 9.85 Å². The molecular weight excluding hydrogens is 401 g/mol. The van der Waals surface area contributed by atoms with E-state index in [1.807, 2.05) is 0 Å². The van der Waals surface area contributed by atoms with Crippen LogP contribution in [0.5, 0.6) is 0 Å². The van der Waals surface area contributed by atoms with Crippen molar-refractivity contribution >= 4 is 38.9 Å². The summed E-state index contributed by atoms with van der Waals surface area (Å²) >= 11 is 10.7. The lowest BCUT2D eigenvalue weighted by molar-refractivity contribution is -0.141. The van der Waals surface area contributed by atoms with Crippen molar-refractivity contribution in [3.63, 3.8) is 0 Å². The van der Waals surface area contributed by atoms with Gasteiger partial charge in [-0.3, -0.25) is 0 Å². The van der Waals surface area contributed by atoms with E-state index in [0.717, 1.165) is 10.5 Å². The summed E-state index contributed by atoms with van der Waals surface area (Å²) in [5.41, 5.74) is -0.206. The first-order chi connectivity index (χ1) is 10.4. The number of hydrogen-bond donors (Lipinski definition) is 0. The lowest BCUT2D eigenvalue weighted by Gasteiger charge is -2.08. The maximum atomic E-state index is 13.0. The first-order valence-corrected chi connectivity index (χ1v) is 8.08. The highest BCUT2D eigenvalue weighted by atomic mass is 79.9. The van der Waals surface area contributed by atoms with Crippen molar-refractivity contribution in [2.75, 3.05) is 0 Å². The fourth-order valence-electron chi connectivity index (χ4n) is 1.95. The van der Waals surface area contributed by atoms with Crippen LogP contribution in [0.25, 0.3) is 16.3 Å². The van der Waals surface area contributed by atoms with Crippen LogP contribution in [-0.2, 0) is 6.18 Å². The van der Waals surface area contributed by atoms with Crippen molar-refractivity contribution in [1.82, 2.24) is 9.78 Å².